The lowest BCUT2D eigenvalue weighted by atomic mass is 10.1. The molecule has 2 N–H and O–H groups in total. The van der Waals surface area contributed by atoms with E-state index in [1.807, 2.05) is 0 Å². The smallest absolute Gasteiger partial charge is 0.276 e. The molecule has 1 aromatic carbocycles. The monoisotopic (exact) mass is 197 g/mol. The molecule has 1 rings (SSSR count). The van der Waals surface area contributed by atoms with Gasteiger partial charge in [0.05, 0.1) is 17.1 Å². The van der Waals surface area contributed by atoms with Crippen molar-refractivity contribution in [3.8, 4) is 5.75 Å². The van der Waals surface area contributed by atoms with Crippen LogP contribution in [0.25, 0.3) is 0 Å². The second kappa shape index (κ2) is 4.06. The third-order valence-corrected chi connectivity index (χ3v) is 1.78. The van der Waals surface area contributed by atoms with Crippen LogP contribution in [0.2, 0.25) is 0 Å². The second-order valence-corrected chi connectivity index (χ2v) is 3.12. The van der Waals surface area contributed by atoms with E-state index in [0.29, 0.717) is 5.56 Å². The van der Waals surface area contributed by atoms with E-state index in [2.05, 4.69) is 0 Å². The quantitative estimate of drug-likeness (QED) is 0.563. The van der Waals surface area contributed by atoms with Crippen LogP contribution in [0.1, 0.15) is 12.5 Å². The van der Waals surface area contributed by atoms with Crippen LogP contribution in [-0.2, 0) is 6.42 Å². The molecule has 0 aliphatic carbocycles. The minimum atomic E-state index is -0.641. The fraction of sp³-hybridized carbons (Fsp3) is 0.333. The predicted octanol–water partition coefficient (Wildman–Crippen LogP) is 1.22. The first-order valence-electron chi connectivity index (χ1n) is 4.15. The molecule has 0 bridgehead atoms. The van der Waals surface area contributed by atoms with E-state index in [4.69, 9.17) is 10.2 Å². The van der Waals surface area contributed by atoms with Gasteiger partial charge in [0, 0.05) is 12.0 Å². The topological polar surface area (TPSA) is 83.6 Å². The standard InChI is InChI=1S/C9H11NO4/c1-6(11)4-7-2-3-8(12)5-9(7)10(13)14/h2-3,5-6,11-12H,4H2,1H3. The van der Waals surface area contributed by atoms with Gasteiger partial charge in [0.15, 0.2) is 0 Å². The Morgan fingerprint density at radius 1 is 1.57 bits per heavy atom. The summed E-state index contributed by atoms with van der Waals surface area (Å²) in [6.07, 6.45) is -0.436. The van der Waals surface area contributed by atoms with Crippen LogP contribution in [0.5, 0.6) is 5.75 Å². The molecule has 0 aromatic heterocycles. The largest absolute Gasteiger partial charge is 0.508 e. The van der Waals surface area contributed by atoms with Crippen molar-refractivity contribution in [3.63, 3.8) is 0 Å². The summed E-state index contributed by atoms with van der Waals surface area (Å²) in [7, 11) is 0. The van der Waals surface area contributed by atoms with Gasteiger partial charge in [-0.15, -0.1) is 0 Å². The molecule has 0 heterocycles. The minimum Gasteiger partial charge on any atom is -0.508 e. The van der Waals surface area contributed by atoms with Gasteiger partial charge >= 0.3 is 0 Å². The molecule has 0 aliphatic heterocycles. The molecular weight excluding hydrogens is 186 g/mol. The van der Waals surface area contributed by atoms with Crippen molar-refractivity contribution < 1.29 is 15.1 Å². The SMILES string of the molecule is CC(O)Cc1ccc(O)cc1[N+](=O)[O-]. The van der Waals surface area contributed by atoms with Gasteiger partial charge < -0.3 is 10.2 Å². The highest BCUT2D eigenvalue weighted by molar-refractivity contribution is 5.45. The molecule has 1 unspecified atom stereocenters. The number of aliphatic hydroxyl groups excluding tert-OH is 1. The zero-order valence-electron chi connectivity index (χ0n) is 7.67. The number of phenols is 1. The number of phenolic OH excluding ortho intramolecular Hbond substituents is 1. The van der Waals surface area contributed by atoms with Crippen molar-refractivity contribution in [2.24, 2.45) is 0 Å². The zero-order chi connectivity index (χ0) is 10.7. The fourth-order valence-corrected chi connectivity index (χ4v) is 1.21. The van der Waals surface area contributed by atoms with Gasteiger partial charge in [0.2, 0.25) is 0 Å². The van der Waals surface area contributed by atoms with Gasteiger partial charge in [-0.25, -0.2) is 0 Å². The van der Waals surface area contributed by atoms with Crippen molar-refractivity contribution in [2.45, 2.75) is 19.4 Å². The van der Waals surface area contributed by atoms with E-state index >= 15 is 0 Å². The van der Waals surface area contributed by atoms with Crippen LogP contribution >= 0.6 is 0 Å². The van der Waals surface area contributed by atoms with E-state index in [1.54, 1.807) is 6.92 Å². The Bertz CT molecular complexity index is 349. The molecule has 5 heteroatoms. The molecule has 0 radical (unpaired) electrons. The van der Waals surface area contributed by atoms with Crippen molar-refractivity contribution in [1.29, 1.82) is 0 Å². The van der Waals surface area contributed by atoms with E-state index in [0.717, 1.165) is 6.07 Å². The summed E-state index contributed by atoms with van der Waals surface area (Å²) < 4.78 is 0. The van der Waals surface area contributed by atoms with Crippen LogP contribution in [0.3, 0.4) is 0 Å². The Morgan fingerprint density at radius 2 is 2.21 bits per heavy atom. The lowest BCUT2D eigenvalue weighted by molar-refractivity contribution is -0.385. The molecule has 0 spiro atoms. The van der Waals surface area contributed by atoms with E-state index in [-0.39, 0.29) is 17.9 Å². The van der Waals surface area contributed by atoms with E-state index < -0.39 is 11.0 Å². The summed E-state index contributed by atoms with van der Waals surface area (Å²) >= 11 is 0. The van der Waals surface area contributed by atoms with Crippen molar-refractivity contribution in [2.75, 3.05) is 0 Å². The fourth-order valence-electron chi connectivity index (χ4n) is 1.21. The predicted molar refractivity (Wildman–Crippen MR) is 50.1 cm³/mol. The molecular formula is C9H11NO4. The van der Waals surface area contributed by atoms with Crippen LogP contribution in [-0.4, -0.2) is 21.2 Å². The van der Waals surface area contributed by atoms with Gasteiger partial charge in [0.1, 0.15) is 5.75 Å². The normalized spacial score (nSPS) is 12.4. The zero-order valence-corrected chi connectivity index (χ0v) is 7.67. The lowest BCUT2D eigenvalue weighted by Gasteiger charge is -2.05. The first kappa shape index (κ1) is 10.5. The average Bonchev–Trinajstić information content (AvgIpc) is 2.07. The number of nitro benzene ring substituents is 1. The highest BCUT2D eigenvalue weighted by Gasteiger charge is 2.15. The summed E-state index contributed by atoms with van der Waals surface area (Å²) in [5.74, 6) is -0.147. The van der Waals surface area contributed by atoms with Crippen molar-refractivity contribution >= 4 is 5.69 Å². The molecule has 0 saturated carbocycles. The van der Waals surface area contributed by atoms with Gasteiger partial charge in [-0.3, -0.25) is 10.1 Å². The summed E-state index contributed by atoms with van der Waals surface area (Å²) in [6, 6.07) is 3.89. The van der Waals surface area contributed by atoms with Gasteiger partial charge in [-0.05, 0) is 19.1 Å². The minimum absolute atomic E-state index is 0.147. The molecule has 0 saturated heterocycles. The number of hydrogen-bond acceptors (Lipinski definition) is 4. The van der Waals surface area contributed by atoms with Crippen LogP contribution in [0.4, 0.5) is 5.69 Å². The Balaban J connectivity index is 3.08. The molecule has 5 nitrogen and oxygen atoms in total. The van der Waals surface area contributed by atoms with Crippen molar-refractivity contribution in [3.05, 3.63) is 33.9 Å². The molecule has 1 atom stereocenters. The van der Waals surface area contributed by atoms with E-state index in [9.17, 15) is 10.1 Å². The first-order chi connectivity index (χ1) is 6.50. The first-order valence-corrected chi connectivity index (χ1v) is 4.15. The Morgan fingerprint density at radius 3 is 2.71 bits per heavy atom. The highest BCUT2D eigenvalue weighted by Crippen LogP contribution is 2.24. The number of aliphatic hydroxyl groups is 1. The number of aromatic hydroxyl groups is 1. The number of benzene rings is 1. The maximum absolute atomic E-state index is 10.6. The van der Waals surface area contributed by atoms with Gasteiger partial charge in [-0.2, -0.15) is 0 Å². The maximum Gasteiger partial charge on any atom is 0.276 e. The summed E-state index contributed by atoms with van der Waals surface area (Å²) in [6.45, 7) is 1.55. The third-order valence-electron chi connectivity index (χ3n) is 1.78. The van der Waals surface area contributed by atoms with E-state index in [1.165, 1.54) is 12.1 Å². The Labute approximate surface area is 80.8 Å². The number of nitro groups is 1. The molecule has 14 heavy (non-hydrogen) atoms. The third kappa shape index (κ3) is 2.43. The summed E-state index contributed by atoms with van der Waals surface area (Å²) in [5, 5.41) is 28.7. The molecule has 1 aromatic rings. The van der Waals surface area contributed by atoms with Gasteiger partial charge in [-0.1, -0.05) is 0 Å². The highest BCUT2D eigenvalue weighted by atomic mass is 16.6. The molecule has 76 valence electrons. The van der Waals surface area contributed by atoms with Crippen LogP contribution < -0.4 is 0 Å². The number of nitrogens with zero attached hydrogens (tertiary/aromatic N) is 1. The van der Waals surface area contributed by atoms with Gasteiger partial charge in [0.25, 0.3) is 5.69 Å². The summed E-state index contributed by atoms with van der Waals surface area (Å²) in [5.41, 5.74) is 0.258. The maximum atomic E-state index is 10.6. The summed E-state index contributed by atoms with van der Waals surface area (Å²) in [4.78, 5) is 10.00. The lowest BCUT2D eigenvalue weighted by Crippen LogP contribution is -2.06. The average molecular weight is 197 g/mol. The molecule has 0 fully saturated rings. The molecule has 0 aliphatic rings. The van der Waals surface area contributed by atoms with Crippen LogP contribution in [0.15, 0.2) is 18.2 Å². The molecule has 0 amide bonds. The Kier molecular flexibility index (Phi) is 3.03. The number of hydrogen-bond donors (Lipinski definition) is 2. The van der Waals surface area contributed by atoms with Crippen LogP contribution in [0, 0.1) is 10.1 Å². The number of rotatable bonds is 3. The van der Waals surface area contributed by atoms with Crippen molar-refractivity contribution in [1.82, 2.24) is 0 Å². The second-order valence-electron chi connectivity index (χ2n) is 3.12. The Hall–Kier alpha value is -1.62.